The second kappa shape index (κ2) is 9.99. The molecule has 132 valence electrons. The number of nitrogens with zero attached hydrogens (tertiary/aromatic N) is 1. The molecule has 0 bridgehead atoms. The van der Waals surface area contributed by atoms with Crippen LogP contribution in [0.2, 0.25) is 0 Å². The van der Waals surface area contributed by atoms with Gasteiger partial charge in [-0.1, -0.05) is 0 Å². The highest BCUT2D eigenvalue weighted by Gasteiger charge is 2.16. The van der Waals surface area contributed by atoms with Crippen LogP contribution < -0.4 is 10.6 Å². The van der Waals surface area contributed by atoms with Crippen LogP contribution in [-0.4, -0.2) is 30.5 Å². The second-order valence-electron chi connectivity index (χ2n) is 5.76. The van der Waals surface area contributed by atoms with E-state index in [0.29, 0.717) is 11.5 Å². The third-order valence-electron chi connectivity index (χ3n) is 4.10. The van der Waals surface area contributed by atoms with Gasteiger partial charge in [-0.3, -0.25) is 9.78 Å². The summed E-state index contributed by atoms with van der Waals surface area (Å²) in [7, 11) is 0. The lowest BCUT2D eigenvalue weighted by Gasteiger charge is -2.23. The van der Waals surface area contributed by atoms with Gasteiger partial charge >= 0.3 is 0 Å². The molecule has 2 N–H and O–H groups in total. The van der Waals surface area contributed by atoms with Crippen molar-refractivity contribution in [2.45, 2.75) is 19.8 Å². The maximum Gasteiger partial charge on any atom is 0.253 e. The zero-order valence-electron chi connectivity index (χ0n) is 13.6. The van der Waals surface area contributed by atoms with Crippen LogP contribution in [0.1, 0.15) is 28.9 Å². The summed E-state index contributed by atoms with van der Waals surface area (Å²) in [6.07, 6.45) is 2.37. The number of piperidine rings is 1. The Balaban J connectivity index is 0.00000144. The highest BCUT2D eigenvalue weighted by molar-refractivity contribution is 7.08. The van der Waals surface area contributed by atoms with Crippen molar-refractivity contribution < 1.29 is 4.79 Å². The van der Waals surface area contributed by atoms with Crippen LogP contribution in [0, 0.1) is 12.8 Å². The first-order valence-corrected chi connectivity index (χ1v) is 8.67. The minimum absolute atomic E-state index is 0. The lowest BCUT2D eigenvalue weighted by Crippen LogP contribution is -2.38. The molecule has 1 amide bonds. The average molecular weight is 388 g/mol. The number of thiophene rings is 1. The molecule has 0 aromatic carbocycles. The van der Waals surface area contributed by atoms with Crippen molar-refractivity contribution in [2.24, 2.45) is 5.92 Å². The molecule has 0 radical (unpaired) electrons. The number of halogens is 2. The SMILES string of the molecule is Cc1nc(-c2ccsc2)ccc1C(=O)NCC1CCCNC1.Cl.Cl. The van der Waals surface area contributed by atoms with Crippen LogP contribution in [0.5, 0.6) is 0 Å². The number of carbonyl (C=O) groups excluding carboxylic acids is 1. The quantitative estimate of drug-likeness (QED) is 0.840. The molecule has 1 aliphatic rings. The van der Waals surface area contributed by atoms with Gasteiger partial charge in [-0.2, -0.15) is 11.3 Å². The van der Waals surface area contributed by atoms with Crippen molar-refractivity contribution in [1.29, 1.82) is 0 Å². The summed E-state index contributed by atoms with van der Waals surface area (Å²) in [5.74, 6) is 0.517. The highest BCUT2D eigenvalue weighted by atomic mass is 35.5. The van der Waals surface area contributed by atoms with E-state index in [1.807, 2.05) is 30.5 Å². The van der Waals surface area contributed by atoms with Crippen molar-refractivity contribution in [3.8, 4) is 11.3 Å². The number of hydrogen-bond acceptors (Lipinski definition) is 4. The molecule has 1 fully saturated rings. The summed E-state index contributed by atoms with van der Waals surface area (Å²) in [4.78, 5) is 16.9. The van der Waals surface area contributed by atoms with Gasteiger partial charge in [0.1, 0.15) is 0 Å². The Morgan fingerprint density at radius 2 is 2.21 bits per heavy atom. The molecule has 1 atom stereocenters. The van der Waals surface area contributed by atoms with Crippen LogP contribution in [0.3, 0.4) is 0 Å². The second-order valence-corrected chi connectivity index (χ2v) is 6.54. The fourth-order valence-corrected chi connectivity index (χ4v) is 3.45. The Labute approximate surface area is 159 Å². The first kappa shape index (κ1) is 20.9. The number of pyridine rings is 1. The average Bonchev–Trinajstić information content (AvgIpc) is 3.08. The number of nitrogens with one attached hydrogen (secondary N) is 2. The first-order valence-electron chi connectivity index (χ1n) is 7.73. The van der Waals surface area contributed by atoms with Crippen molar-refractivity contribution in [2.75, 3.05) is 19.6 Å². The molecule has 0 saturated carbocycles. The van der Waals surface area contributed by atoms with E-state index in [1.165, 1.54) is 12.8 Å². The fraction of sp³-hybridized carbons (Fsp3) is 0.412. The molecule has 2 aromatic heterocycles. The van der Waals surface area contributed by atoms with Gasteiger partial charge in [-0.05, 0) is 62.4 Å². The molecule has 0 aliphatic carbocycles. The molecule has 3 rings (SSSR count). The lowest BCUT2D eigenvalue weighted by molar-refractivity contribution is 0.0944. The number of rotatable bonds is 4. The molecule has 4 nitrogen and oxygen atoms in total. The van der Waals surface area contributed by atoms with Gasteiger partial charge in [-0.15, -0.1) is 24.8 Å². The molecule has 3 heterocycles. The number of amides is 1. The molecule has 24 heavy (non-hydrogen) atoms. The zero-order chi connectivity index (χ0) is 15.4. The Morgan fingerprint density at radius 3 is 2.83 bits per heavy atom. The maximum absolute atomic E-state index is 12.3. The standard InChI is InChI=1S/C17H21N3OS.2ClH/c1-12-15(4-5-16(20-12)14-6-8-22-11-14)17(21)19-10-13-3-2-7-18-9-13;;/h4-6,8,11,13,18H,2-3,7,9-10H2,1H3,(H,19,21);2*1H. The maximum atomic E-state index is 12.3. The predicted molar refractivity (Wildman–Crippen MR) is 105 cm³/mol. The molecular formula is C17H23Cl2N3OS. The van der Waals surface area contributed by atoms with Crippen LogP contribution >= 0.6 is 36.2 Å². The molecule has 1 saturated heterocycles. The van der Waals surface area contributed by atoms with Crippen LogP contribution in [-0.2, 0) is 0 Å². The van der Waals surface area contributed by atoms with E-state index in [1.54, 1.807) is 11.3 Å². The molecule has 1 unspecified atom stereocenters. The minimum Gasteiger partial charge on any atom is -0.352 e. The van der Waals surface area contributed by atoms with Gasteiger partial charge in [0.2, 0.25) is 0 Å². The third kappa shape index (κ3) is 5.18. The predicted octanol–water partition coefficient (Wildman–Crippen LogP) is 3.69. The lowest BCUT2D eigenvalue weighted by atomic mass is 9.99. The summed E-state index contributed by atoms with van der Waals surface area (Å²) < 4.78 is 0. The fourth-order valence-electron chi connectivity index (χ4n) is 2.80. The van der Waals surface area contributed by atoms with E-state index in [0.717, 1.165) is 36.6 Å². The normalized spacial score (nSPS) is 16.6. The van der Waals surface area contributed by atoms with Gasteiger partial charge in [0.05, 0.1) is 17.0 Å². The van der Waals surface area contributed by atoms with E-state index in [-0.39, 0.29) is 30.7 Å². The van der Waals surface area contributed by atoms with Crippen molar-refractivity contribution in [3.63, 3.8) is 0 Å². The van der Waals surface area contributed by atoms with Gasteiger partial charge in [0.15, 0.2) is 0 Å². The Hall–Kier alpha value is -1.14. The monoisotopic (exact) mass is 387 g/mol. The number of hydrogen-bond donors (Lipinski definition) is 2. The summed E-state index contributed by atoms with van der Waals surface area (Å²) in [6.45, 7) is 4.72. The Bertz CT molecular complexity index is 643. The van der Waals surface area contributed by atoms with E-state index >= 15 is 0 Å². The minimum atomic E-state index is -0.0209. The van der Waals surface area contributed by atoms with E-state index in [2.05, 4.69) is 21.0 Å². The van der Waals surface area contributed by atoms with Crippen LogP contribution in [0.4, 0.5) is 0 Å². The zero-order valence-corrected chi connectivity index (χ0v) is 16.0. The van der Waals surface area contributed by atoms with Crippen molar-refractivity contribution in [1.82, 2.24) is 15.6 Å². The van der Waals surface area contributed by atoms with Crippen molar-refractivity contribution in [3.05, 3.63) is 40.2 Å². The molecule has 2 aromatic rings. The van der Waals surface area contributed by atoms with E-state index in [4.69, 9.17) is 0 Å². The summed E-state index contributed by atoms with van der Waals surface area (Å²) in [6, 6.07) is 5.85. The van der Waals surface area contributed by atoms with E-state index < -0.39 is 0 Å². The summed E-state index contributed by atoms with van der Waals surface area (Å²) in [5.41, 5.74) is 3.48. The van der Waals surface area contributed by atoms with Gasteiger partial charge < -0.3 is 10.6 Å². The Kier molecular flexibility index (Phi) is 8.70. The van der Waals surface area contributed by atoms with Gasteiger partial charge in [0.25, 0.3) is 5.91 Å². The van der Waals surface area contributed by atoms with E-state index in [9.17, 15) is 4.79 Å². The largest absolute Gasteiger partial charge is 0.352 e. The molecule has 0 spiro atoms. The number of aryl methyl sites for hydroxylation is 1. The number of aromatic nitrogens is 1. The molecular weight excluding hydrogens is 365 g/mol. The first-order chi connectivity index (χ1) is 10.7. The van der Waals surface area contributed by atoms with Crippen LogP contribution in [0.15, 0.2) is 29.0 Å². The van der Waals surface area contributed by atoms with Gasteiger partial charge in [-0.25, -0.2) is 0 Å². The Morgan fingerprint density at radius 1 is 1.38 bits per heavy atom. The summed E-state index contributed by atoms with van der Waals surface area (Å²) in [5, 5.41) is 10.5. The molecule has 7 heteroatoms. The smallest absolute Gasteiger partial charge is 0.253 e. The molecule has 1 aliphatic heterocycles. The van der Waals surface area contributed by atoms with Gasteiger partial charge in [0, 0.05) is 17.5 Å². The number of carbonyl (C=O) groups is 1. The summed E-state index contributed by atoms with van der Waals surface area (Å²) >= 11 is 1.65. The third-order valence-corrected chi connectivity index (χ3v) is 4.78. The van der Waals surface area contributed by atoms with Crippen LogP contribution in [0.25, 0.3) is 11.3 Å². The highest BCUT2D eigenvalue weighted by Crippen LogP contribution is 2.21. The van der Waals surface area contributed by atoms with Crippen molar-refractivity contribution >= 4 is 42.1 Å². The topological polar surface area (TPSA) is 54.0 Å².